The lowest BCUT2D eigenvalue weighted by atomic mass is 10.1. The first-order chi connectivity index (χ1) is 7.31. The van der Waals surface area contributed by atoms with E-state index < -0.39 is 0 Å². The number of ether oxygens (including phenoxy) is 1. The highest BCUT2D eigenvalue weighted by atomic mass is 32.1. The van der Waals surface area contributed by atoms with Crippen molar-refractivity contribution in [3.63, 3.8) is 0 Å². The lowest BCUT2D eigenvalue weighted by Crippen LogP contribution is -1.96. The molecule has 0 aliphatic heterocycles. The van der Waals surface area contributed by atoms with Gasteiger partial charge in [-0.2, -0.15) is 0 Å². The van der Waals surface area contributed by atoms with Crippen molar-refractivity contribution in [1.82, 2.24) is 0 Å². The second-order valence-corrected chi connectivity index (χ2v) is 4.50. The number of hydrogen-bond acceptors (Lipinski definition) is 3. The highest BCUT2D eigenvalue weighted by Gasteiger charge is 2.12. The summed E-state index contributed by atoms with van der Waals surface area (Å²) in [4.78, 5) is 1.28. The van der Waals surface area contributed by atoms with Gasteiger partial charge in [-0.25, -0.2) is 0 Å². The molecule has 0 saturated heterocycles. The minimum absolute atomic E-state index is 0.617. The quantitative estimate of drug-likeness (QED) is 0.865. The van der Waals surface area contributed by atoms with Gasteiger partial charge < -0.3 is 10.5 Å². The Morgan fingerprint density at radius 1 is 1.40 bits per heavy atom. The Bertz CT molecular complexity index is 476. The average Bonchev–Trinajstić information content (AvgIpc) is 2.66. The van der Waals surface area contributed by atoms with Crippen LogP contribution < -0.4 is 10.5 Å². The van der Waals surface area contributed by atoms with Crippen LogP contribution in [0.2, 0.25) is 0 Å². The molecule has 2 rings (SSSR count). The Morgan fingerprint density at radius 3 is 2.80 bits per heavy atom. The van der Waals surface area contributed by atoms with Gasteiger partial charge in [0, 0.05) is 11.4 Å². The molecule has 2 aromatic rings. The Balaban J connectivity index is 2.75. The summed E-state index contributed by atoms with van der Waals surface area (Å²) < 4.78 is 6.57. The molecule has 0 bridgehead atoms. The van der Waals surface area contributed by atoms with Gasteiger partial charge in [0.2, 0.25) is 0 Å². The summed E-state index contributed by atoms with van der Waals surface area (Å²) in [5, 5.41) is 1.29. The molecule has 0 fully saturated rings. The van der Waals surface area contributed by atoms with Crippen LogP contribution in [0.15, 0.2) is 18.2 Å². The fraction of sp³-hybridized carbons (Fsp3) is 0.333. The molecule has 2 nitrogen and oxygen atoms in total. The summed E-state index contributed by atoms with van der Waals surface area (Å²) in [6.45, 7) is 2.78. The molecule has 0 amide bonds. The molecule has 0 aliphatic carbocycles. The van der Waals surface area contributed by atoms with Crippen molar-refractivity contribution >= 4 is 21.4 Å². The van der Waals surface area contributed by atoms with Crippen LogP contribution in [0.25, 0.3) is 10.1 Å². The number of fused-ring (bicyclic) bond motifs is 1. The first-order valence-corrected chi connectivity index (χ1v) is 5.90. The normalized spacial score (nSPS) is 10.9. The van der Waals surface area contributed by atoms with E-state index in [1.165, 1.54) is 20.5 Å². The number of hydrogen-bond donors (Lipinski definition) is 1. The van der Waals surface area contributed by atoms with Crippen molar-refractivity contribution in [1.29, 1.82) is 0 Å². The van der Waals surface area contributed by atoms with E-state index in [2.05, 4.69) is 13.0 Å². The van der Waals surface area contributed by atoms with E-state index >= 15 is 0 Å². The van der Waals surface area contributed by atoms with Crippen LogP contribution in [-0.2, 0) is 13.0 Å². The van der Waals surface area contributed by atoms with E-state index in [0.717, 1.165) is 12.2 Å². The Morgan fingerprint density at radius 2 is 2.20 bits per heavy atom. The monoisotopic (exact) mass is 221 g/mol. The van der Waals surface area contributed by atoms with Gasteiger partial charge in [-0.05, 0) is 23.4 Å². The fourth-order valence-corrected chi connectivity index (χ4v) is 3.17. The number of benzene rings is 1. The van der Waals surface area contributed by atoms with Crippen molar-refractivity contribution in [2.75, 3.05) is 7.11 Å². The maximum absolute atomic E-state index is 5.75. The van der Waals surface area contributed by atoms with Gasteiger partial charge in [0.05, 0.1) is 11.8 Å². The molecule has 3 heteroatoms. The zero-order valence-corrected chi connectivity index (χ0v) is 9.86. The van der Waals surface area contributed by atoms with Crippen molar-refractivity contribution in [2.24, 2.45) is 5.73 Å². The van der Waals surface area contributed by atoms with E-state index in [-0.39, 0.29) is 0 Å². The highest BCUT2D eigenvalue weighted by molar-refractivity contribution is 7.19. The molecule has 0 unspecified atom stereocenters. The Kier molecular flexibility index (Phi) is 2.93. The number of methoxy groups -OCH3 is 1. The molecule has 1 aromatic heterocycles. The summed E-state index contributed by atoms with van der Waals surface area (Å²) in [5.74, 6) is 0.951. The molecular weight excluding hydrogens is 206 g/mol. The molecular formula is C12H15NOS. The van der Waals surface area contributed by atoms with Crippen LogP contribution in [0.5, 0.6) is 5.75 Å². The van der Waals surface area contributed by atoms with Crippen LogP contribution in [-0.4, -0.2) is 7.11 Å². The van der Waals surface area contributed by atoms with Gasteiger partial charge in [-0.3, -0.25) is 0 Å². The van der Waals surface area contributed by atoms with E-state index in [9.17, 15) is 0 Å². The summed E-state index contributed by atoms with van der Waals surface area (Å²) in [7, 11) is 1.71. The summed E-state index contributed by atoms with van der Waals surface area (Å²) in [6.07, 6.45) is 1.03. The maximum Gasteiger partial charge on any atom is 0.136 e. The molecule has 1 aromatic carbocycles. The van der Waals surface area contributed by atoms with E-state index in [0.29, 0.717) is 6.54 Å². The van der Waals surface area contributed by atoms with Gasteiger partial charge in [0.15, 0.2) is 0 Å². The standard InChI is InChI=1S/C12H15NOS/c1-3-8-9-5-4-6-10(14-2)12(9)15-11(8)7-13/h4-6H,3,7,13H2,1-2H3. The number of nitrogens with two attached hydrogens (primary N) is 1. The number of rotatable bonds is 3. The molecule has 0 aliphatic rings. The third-order valence-electron chi connectivity index (χ3n) is 2.62. The lowest BCUT2D eigenvalue weighted by Gasteiger charge is -2.01. The first kappa shape index (κ1) is 10.5. The van der Waals surface area contributed by atoms with E-state index in [1.807, 2.05) is 12.1 Å². The number of thiophene rings is 1. The molecule has 1 heterocycles. The van der Waals surface area contributed by atoms with Crippen LogP contribution in [0.4, 0.5) is 0 Å². The minimum Gasteiger partial charge on any atom is -0.495 e. The molecule has 0 spiro atoms. The van der Waals surface area contributed by atoms with Crippen molar-refractivity contribution in [3.8, 4) is 5.75 Å². The third-order valence-corrected chi connectivity index (χ3v) is 3.91. The summed E-state index contributed by atoms with van der Waals surface area (Å²) in [5.41, 5.74) is 7.12. The fourth-order valence-electron chi connectivity index (χ4n) is 1.91. The predicted octanol–water partition coefficient (Wildman–Crippen LogP) is 2.93. The third kappa shape index (κ3) is 1.62. The van der Waals surface area contributed by atoms with Gasteiger partial charge in [0.25, 0.3) is 0 Å². The Labute approximate surface area is 93.7 Å². The van der Waals surface area contributed by atoms with Crippen LogP contribution >= 0.6 is 11.3 Å². The largest absolute Gasteiger partial charge is 0.495 e. The van der Waals surface area contributed by atoms with Crippen LogP contribution in [0.1, 0.15) is 17.4 Å². The van der Waals surface area contributed by atoms with Gasteiger partial charge in [-0.1, -0.05) is 19.1 Å². The van der Waals surface area contributed by atoms with Crippen LogP contribution in [0, 0.1) is 0 Å². The molecule has 15 heavy (non-hydrogen) atoms. The molecule has 0 saturated carbocycles. The van der Waals surface area contributed by atoms with Crippen molar-refractivity contribution in [3.05, 3.63) is 28.6 Å². The van der Waals surface area contributed by atoms with Gasteiger partial charge in [-0.15, -0.1) is 11.3 Å². The second kappa shape index (κ2) is 4.21. The zero-order valence-electron chi connectivity index (χ0n) is 9.04. The minimum atomic E-state index is 0.617. The lowest BCUT2D eigenvalue weighted by molar-refractivity contribution is 0.420. The molecule has 80 valence electrons. The van der Waals surface area contributed by atoms with Crippen molar-refractivity contribution < 1.29 is 4.74 Å². The molecule has 2 N–H and O–H groups in total. The van der Waals surface area contributed by atoms with Crippen LogP contribution in [0.3, 0.4) is 0 Å². The van der Waals surface area contributed by atoms with Gasteiger partial charge in [0.1, 0.15) is 5.75 Å². The molecule has 0 atom stereocenters. The average molecular weight is 221 g/mol. The zero-order chi connectivity index (χ0) is 10.8. The first-order valence-electron chi connectivity index (χ1n) is 5.09. The highest BCUT2D eigenvalue weighted by Crippen LogP contribution is 2.37. The molecule has 0 radical (unpaired) electrons. The summed E-state index contributed by atoms with van der Waals surface area (Å²) >= 11 is 1.75. The van der Waals surface area contributed by atoms with E-state index in [1.54, 1.807) is 18.4 Å². The maximum atomic E-state index is 5.75. The smallest absolute Gasteiger partial charge is 0.136 e. The predicted molar refractivity (Wildman–Crippen MR) is 65.6 cm³/mol. The topological polar surface area (TPSA) is 35.2 Å². The second-order valence-electron chi connectivity index (χ2n) is 3.40. The van der Waals surface area contributed by atoms with Crippen molar-refractivity contribution in [2.45, 2.75) is 19.9 Å². The SMILES string of the molecule is CCc1c(CN)sc2c(OC)cccc12. The van der Waals surface area contributed by atoms with E-state index in [4.69, 9.17) is 10.5 Å². The summed E-state index contributed by atoms with van der Waals surface area (Å²) in [6, 6.07) is 6.18. The van der Waals surface area contributed by atoms with Gasteiger partial charge >= 0.3 is 0 Å². The number of aryl methyl sites for hydroxylation is 1. The Hall–Kier alpha value is -1.06.